The molecule has 0 unspecified atom stereocenters. The summed E-state index contributed by atoms with van der Waals surface area (Å²) in [6.07, 6.45) is 0. The lowest BCUT2D eigenvalue weighted by molar-refractivity contribution is 0.0681. The first-order chi connectivity index (χ1) is 15.3. The summed E-state index contributed by atoms with van der Waals surface area (Å²) in [7, 11) is 0. The van der Waals surface area contributed by atoms with Crippen LogP contribution in [0.4, 0.5) is 0 Å². The van der Waals surface area contributed by atoms with Crippen molar-refractivity contribution in [2.75, 3.05) is 78.9 Å². The summed E-state index contributed by atoms with van der Waals surface area (Å²) in [5, 5.41) is 67.8. The highest BCUT2D eigenvalue weighted by Crippen LogP contribution is 2.03. The highest BCUT2D eigenvalue weighted by molar-refractivity contribution is 5.91. The van der Waals surface area contributed by atoms with E-state index in [1.54, 1.807) is 9.80 Å². The molecule has 186 valence electrons. The van der Waals surface area contributed by atoms with E-state index in [0.29, 0.717) is 39.3 Å². The monoisotopic (exact) mass is 464 g/mol. The molecular formula is C20H36N2O10. The zero-order valence-corrected chi connectivity index (χ0v) is 18.1. The van der Waals surface area contributed by atoms with Crippen molar-refractivity contribution in [1.29, 1.82) is 0 Å². The van der Waals surface area contributed by atoms with Crippen molar-refractivity contribution in [2.45, 2.75) is 0 Å². The van der Waals surface area contributed by atoms with Gasteiger partial charge in [-0.25, -0.2) is 9.59 Å². The fourth-order valence-corrected chi connectivity index (χ4v) is 2.27. The Hall–Kier alpha value is -2.16. The summed E-state index contributed by atoms with van der Waals surface area (Å²) >= 11 is 0. The van der Waals surface area contributed by atoms with Crippen LogP contribution in [-0.2, 0) is 0 Å². The molecule has 0 saturated heterocycles. The predicted molar refractivity (Wildman–Crippen MR) is 116 cm³/mol. The molecule has 0 amide bonds. The molecule has 0 aliphatic heterocycles. The van der Waals surface area contributed by atoms with Gasteiger partial charge in [-0.1, -0.05) is 0 Å². The quantitative estimate of drug-likeness (QED) is 0.145. The lowest BCUT2D eigenvalue weighted by Gasteiger charge is -2.17. The second-order valence-electron chi connectivity index (χ2n) is 6.21. The van der Waals surface area contributed by atoms with Crippen molar-refractivity contribution < 1.29 is 50.4 Å². The van der Waals surface area contributed by atoms with E-state index in [2.05, 4.69) is 0 Å². The summed E-state index contributed by atoms with van der Waals surface area (Å²) in [4.78, 5) is 24.3. The van der Waals surface area contributed by atoms with Gasteiger partial charge >= 0.3 is 11.9 Å². The number of hydrogen-bond donors (Lipinski definition) is 8. The van der Waals surface area contributed by atoms with Gasteiger partial charge in [-0.3, -0.25) is 9.80 Å². The Morgan fingerprint density at radius 3 is 0.812 bits per heavy atom. The maximum absolute atomic E-state index is 10.3. The minimum Gasteiger partial charge on any atom is -0.478 e. The molecule has 0 saturated carbocycles. The van der Waals surface area contributed by atoms with E-state index in [9.17, 15) is 9.59 Å². The molecule has 0 bridgehead atoms. The molecule has 1 aromatic carbocycles. The number of aliphatic hydroxyl groups excluding tert-OH is 6. The molecule has 0 atom stereocenters. The molecule has 0 spiro atoms. The van der Waals surface area contributed by atoms with Crippen LogP contribution in [-0.4, -0.2) is 142 Å². The minimum atomic E-state index is -1.06. The van der Waals surface area contributed by atoms with Crippen LogP contribution >= 0.6 is 0 Å². The third-order valence-corrected chi connectivity index (χ3v) is 3.88. The average molecular weight is 465 g/mol. The number of hydrogen-bond acceptors (Lipinski definition) is 10. The number of aliphatic hydroxyl groups is 6. The van der Waals surface area contributed by atoms with E-state index < -0.39 is 11.9 Å². The molecular weight excluding hydrogens is 428 g/mol. The van der Waals surface area contributed by atoms with Gasteiger partial charge in [0.2, 0.25) is 0 Å². The molecule has 1 aromatic rings. The Morgan fingerprint density at radius 2 is 0.688 bits per heavy atom. The molecule has 32 heavy (non-hydrogen) atoms. The van der Waals surface area contributed by atoms with Crippen LogP contribution in [0.1, 0.15) is 20.7 Å². The fourth-order valence-electron chi connectivity index (χ4n) is 2.27. The van der Waals surface area contributed by atoms with Crippen molar-refractivity contribution >= 4 is 11.9 Å². The van der Waals surface area contributed by atoms with Crippen molar-refractivity contribution in [3.05, 3.63) is 35.4 Å². The normalized spacial score (nSPS) is 10.2. The van der Waals surface area contributed by atoms with Gasteiger partial charge in [0.05, 0.1) is 50.8 Å². The van der Waals surface area contributed by atoms with E-state index in [1.165, 1.54) is 24.3 Å². The fraction of sp³-hybridized carbons (Fsp3) is 0.600. The van der Waals surface area contributed by atoms with E-state index in [4.69, 9.17) is 40.9 Å². The second kappa shape index (κ2) is 22.0. The summed E-state index contributed by atoms with van der Waals surface area (Å²) in [5.74, 6) is -2.13. The van der Waals surface area contributed by atoms with Crippen LogP contribution in [0.3, 0.4) is 0 Å². The predicted octanol–water partition coefficient (Wildman–Crippen LogP) is -2.39. The first-order valence-corrected chi connectivity index (χ1v) is 9.97. The highest BCUT2D eigenvalue weighted by Gasteiger charge is 2.05. The summed E-state index contributed by atoms with van der Waals surface area (Å²) in [6.45, 7) is 3.51. The van der Waals surface area contributed by atoms with Gasteiger partial charge in [0.1, 0.15) is 0 Å². The molecule has 0 fully saturated rings. The highest BCUT2D eigenvalue weighted by atomic mass is 16.4. The lowest BCUT2D eigenvalue weighted by atomic mass is 10.1. The van der Waals surface area contributed by atoms with Crippen LogP contribution < -0.4 is 0 Å². The Morgan fingerprint density at radius 1 is 0.500 bits per heavy atom. The molecule has 0 aliphatic carbocycles. The number of aromatic carboxylic acids is 2. The summed E-state index contributed by atoms with van der Waals surface area (Å²) in [6, 6.07) is 5.02. The standard InChI is InChI=1S/C8H6O4.2C6H15NO3/c9-7(10)5-1-2-6(4-3-5)8(11)12;2*8-4-1-7(2-5-9)3-6-10/h1-4H,(H,9,10)(H,11,12);2*8-10H,1-6H2. The summed E-state index contributed by atoms with van der Waals surface area (Å²) in [5.41, 5.74) is 0.167. The van der Waals surface area contributed by atoms with Gasteiger partial charge in [0, 0.05) is 39.3 Å². The van der Waals surface area contributed by atoms with Gasteiger partial charge in [0.15, 0.2) is 0 Å². The molecule has 0 heterocycles. The van der Waals surface area contributed by atoms with E-state index in [-0.39, 0.29) is 50.8 Å². The molecule has 1 rings (SSSR count). The topological polar surface area (TPSA) is 202 Å². The van der Waals surface area contributed by atoms with Crippen molar-refractivity contribution in [3.63, 3.8) is 0 Å². The number of carboxylic acids is 2. The van der Waals surface area contributed by atoms with Crippen molar-refractivity contribution in [2.24, 2.45) is 0 Å². The maximum atomic E-state index is 10.3. The molecule has 0 radical (unpaired) electrons. The molecule has 12 nitrogen and oxygen atoms in total. The van der Waals surface area contributed by atoms with Gasteiger partial charge in [-0.05, 0) is 24.3 Å². The van der Waals surface area contributed by atoms with Crippen LogP contribution in [0.25, 0.3) is 0 Å². The van der Waals surface area contributed by atoms with Crippen LogP contribution in [0.2, 0.25) is 0 Å². The molecule has 8 N–H and O–H groups in total. The smallest absolute Gasteiger partial charge is 0.335 e. The Balaban J connectivity index is 0. The number of benzene rings is 1. The van der Waals surface area contributed by atoms with Crippen LogP contribution in [0.15, 0.2) is 24.3 Å². The third-order valence-electron chi connectivity index (χ3n) is 3.88. The van der Waals surface area contributed by atoms with Gasteiger partial charge in [-0.2, -0.15) is 0 Å². The van der Waals surface area contributed by atoms with Gasteiger partial charge in [0.25, 0.3) is 0 Å². The van der Waals surface area contributed by atoms with Crippen molar-refractivity contribution in [3.8, 4) is 0 Å². The number of carbonyl (C=O) groups is 2. The number of rotatable bonds is 14. The number of carboxylic acid groups (broad SMARTS) is 2. The van der Waals surface area contributed by atoms with Crippen molar-refractivity contribution in [1.82, 2.24) is 9.80 Å². The Labute approximate surface area is 187 Å². The molecule has 0 aliphatic rings. The zero-order chi connectivity index (χ0) is 24.8. The zero-order valence-electron chi connectivity index (χ0n) is 18.1. The third kappa shape index (κ3) is 17.5. The Bertz CT molecular complexity index is 507. The average Bonchev–Trinajstić information content (AvgIpc) is 2.76. The Kier molecular flexibility index (Phi) is 22.1. The molecule has 0 aromatic heterocycles. The van der Waals surface area contributed by atoms with Crippen LogP contribution in [0, 0.1) is 0 Å². The maximum Gasteiger partial charge on any atom is 0.335 e. The van der Waals surface area contributed by atoms with Gasteiger partial charge < -0.3 is 40.9 Å². The SMILES string of the molecule is O=C(O)c1ccc(C(=O)O)cc1.OCCN(CCO)CCO.OCCN(CCO)CCO. The van der Waals surface area contributed by atoms with Crippen LogP contribution in [0.5, 0.6) is 0 Å². The first-order valence-electron chi connectivity index (χ1n) is 9.97. The summed E-state index contributed by atoms with van der Waals surface area (Å²) < 4.78 is 0. The number of nitrogens with zero attached hydrogens (tertiary/aromatic N) is 2. The minimum absolute atomic E-state index is 0.0694. The van der Waals surface area contributed by atoms with E-state index in [1.807, 2.05) is 0 Å². The second-order valence-corrected chi connectivity index (χ2v) is 6.21. The van der Waals surface area contributed by atoms with E-state index in [0.717, 1.165) is 0 Å². The van der Waals surface area contributed by atoms with Gasteiger partial charge in [-0.15, -0.1) is 0 Å². The first kappa shape index (κ1) is 32.0. The molecule has 12 heteroatoms. The van der Waals surface area contributed by atoms with E-state index >= 15 is 0 Å². The largest absolute Gasteiger partial charge is 0.478 e. The lowest BCUT2D eigenvalue weighted by Crippen LogP contribution is -2.32.